The van der Waals surface area contributed by atoms with Gasteiger partial charge in [0.1, 0.15) is 4.88 Å². The van der Waals surface area contributed by atoms with Gasteiger partial charge in [0.2, 0.25) is 0 Å². The van der Waals surface area contributed by atoms with Crippen LogP contribution in [0.25, 0.3) is 0 Å². The molecule has 0 saturated carbocycles. The first-order valence-corrected chi connectivity index (χ1v) is 7.92. The van der Waals surface area contributed by atoms with E-state index in [2.05, 4.69) is 29.5 Å². The average Bonchev–Trinajstić information content (AvgIpc) is 2.92. The van der Waals surface area contributed by atoms with E-state index in [9.17, 15) is 9.90 Å². The quantitative estimate of drug-likeness (QED) is 0.757. The van der Waals surface area contributed by atoms with Crippen LogP contribution in [0.15, 0.2) is 0 Å². The van der Waals surface area contributed by atoms with Gasteiger partial charge in [0, 0.05) is 25.6 Å². The summed E-state index contributed by atoms with van der Waals surface area (Å²) in [6.07, 6.45) is 0.453. The molecule has 0 bridgehead atoms. The van der Waals surface area contributed by atoms with E-state index in [1.54, 1.807) is 0 Å². The zero-order chi connectivity index (χ0) is 14.7. The van der Waals surface area contributed by atoms with Gasteiger partial charge in [0.05, 0.1) is 16.8 Å². The molecule has 2 heterocycles. The van der Waals surface area contributed by atoms with Gasteiger partial charge >= 0.3 is 0 Å². The minimum absolute atomic E-state index is 0.0645. The van der Waals surface area contributed by atoms with Gasteiger partial charge in [0.15, 0.2) is 0 Å². The molecule has 0 spiro atoms. The first-order chi connectivity index (χ1) is 9.47. The largest absolute Gasteiger partial charge is 0.391 e. The normalized spacial score (nSPS) is 22.4. The molecule has 0 radical (unpaired) electrons. The smallest absolute Gasteiger partial charge is 0.263 e. The SMILES string of the molecule is Cc1nc(CC(C)C)c(C(=O)NCC2CNCC2O)s1. The van der Waals surface area contributed by atoms with Crippen molar-refractivity contribution in [2.45, 2.75) is 33.3 Å². The molecule has 1 fully saturated rings. The molecular formula is C14H23N3O2S. The van der Waals surface area contributed by atoms with Crippen molar-refractivity contribution in [3.8, 4) is 0 Å². The van der Waals surface area contributed by atoms with Crippen molar-refractivity contribution in [3.05, 3.63) is 15.6 Å². The molecule has 112 valence electrons. The number of aromatic nitrogens is 1. The van der Waals surface area contributed by atoms with Crippen LogP contribution in [0.1, 0.15) is 34.2 Å². The number of thiazole rings is 1. The fourth-order valence-electron chi connectivity index (χ4n) is 2.40. The highest BCUT2D eigenvalue weighted by Gasteiger charge is 2.26. The van der Waals surface area contributed by atoms with Gasteiger partial charge in [-0.25, -0.2) is 4.98 Å². The van der Waals surface area contributed by atoms with Crippen LogP contribution in [0.4, 0.5) is 0 Å². The summed E-state index contributed by atoms with van der Waals surface area (Å²) >= 11 is 1.45. The molecule has 1 aliphatic rings. The molecule has 6 heteroatoms. The second-order valence-electron chi connectivity index (χ2n) is 5.80. The fourth-order valence-corrected chi connectivity index (χ4v) is 3.27. The minimum Gasteiger partial charge on any atom is -0.391 e. The number of hydrogen-bond donors (Lipinski definition) is 3. The van der Waals surface area contributed by atoms with E-state index in [0.717, 1.165) is 28.5 Å². The van der Waals surface area contributed by atoms with E-state index in [4.69, 9.17) is 0 Å². The Hall–Kier alpha value is -0.980. The number of hydrogen-bond acceptors (Lipinski definition) is 5. The van der Waals surface area contributed by atoms with Gasteiger partial charge in [-0.15, -0.1) is 11.3 Å². The lowest BCUT2D eigenvalue weighted by Crippen LogP contribution is -2.34. The molecule has 1 amide bonds. The summed E-state index contributed by atoms with van der Waals surface area (Å²) in [6.45, 7) is 8.04. The lowest BCUT2D eigenvalue weighted by molar-refractivity contribution is 0.0930. The minimum atomic E-state index is -0.367. The molecule has 2 atom stereocenters. The number of aryl methyl sites for hydroxylation is 1. The second-order valence-corrected chi connectivity index (χ2v) is 7.01. The summed E-state index contributed by atoms with van der Waals surface area (Å²) in [5.41, 5.74) is 0.894. The molecule has 20 heavy (non-hydrogen) atoms. The number of amides is 1. The number of aliphatic hydroxyl groups is 1. The molecule has 0 aliphatic carbocycles. The Balaban J connectivity index is 1.98. The zero-order valence-corrected chi connectivity index (χ0v) is 13.1. The molecular weight excluding hydrogens is 274 g/mol. The Bertz CT molecular complexity index is 473. The second kappa shape index (κ2) is 6.65. The predicted molar refractivity (Wildman–Crippen MR) is 80.1 cm³/mol. The van der Waals surface area contributed by atoms with Crippen LogP contribution in [0, 0.1) is 18.8 Å². The number of rotatable bonds is 5. The van der Waals surface area contributed by atoms with Crippen LogP contribution in [0.2, 0.25) is 0 Å². The van der Waals surface area contributed by atoms with Crippen LogP contribution in [0.3, 0.4) is 0 Å². The van der Waals surface area contributed by atoms with Crippen molar-refractivity contribution in [1.29, 1.82) is 0 Å². The number of β-amino-alcohol motifs (C(OH)–C–C–N with tert-alkyl or cyclic N) is 1. The highest BCUT2D eigenvalue weighted by Crippen LogP contribution is 2.21. The van der Waals surface area contributed by atoms with E-state index in [0.29, 0.717) is 19.0 Å². The lowest BCUT2D eigenvalue weighted by Gasteiger charge is -2.14. The number of nitrogens with zero attached hydrogens (tertiary/aromatic N) is 1. The van der Waals surface area contributed by atoms with Gasteiger partial charge in [0.25, 0.3) is 5.91 Å². The molecule has 1 aromatic rings. The molecule has 3 N–H and O–H groups in total. The molecule has 5 nitrogen and oxygen atoms in total. The van der Waals surface area contributed by atoms with Crippen molar-refractivity contribution in [1.82, 2.24) is 15.6 Å². The standard InChI is InChI=1S/C14H23N3O2S/c1-8(2)4-11-13(20-9(3)17-11)14(19)16-6-10-5-15-7-12(10)18/h8,10,12,15,18H,4-7H2,1-3H3,(H,16,19). The van der Waals surface area contributed by atoms with Crippen LogP contribution < -0.4 is 10.6 Å². The molecule has 1 aromatic heterocycles. The number of aliphatic hydroxyl groups excluding tert-OH is 1. The lowest BCUT2D eigenvalue weighted by atomic mass is 10.1. The first-order valence-electron chi connectivity index (χ1n) is 7.10. The Kier molecular flexibility index (Phi) is 5.12. The van der Waals surface area contributed by atoms with E-state index >= 15 is 0 Å². The molecule has 0 aromatic carbocycles. The van der Waals surface area contributed by atoms with Crippen LogP contribution in [0.5, 0.6) is 0 Å². The van der Waals surface area contributed by atoms with Crippen LogP contribution >= 0.6 is 11.3 Å². The van der Waals surface area contributed by atoms with Gasteiger partial charge in [-0.1, -0.05) is 13.8 Å². The Morgan fingerprint density at radius 3 is 2.90 bits per heavy atom. The summed E-state index contributed by atoms with van der Waals surface area (Å²) in [5.74, 6) is 0.510. The molecule has 2 rings (SSSR count). The van der Waals surface area contributed by atoms with Crippen molar-refractivity contribution in [2.24, 2.45) is 11.8 Å². The van der Waals surface area contributed by atoms with Crippen molar-refractivity contribution in [2.75, 3.05) is 19.6 Å². The number of nitrogens with one attached hydrogen (secondary N) is 2. The summed E-state index contributed by atoms with van der Waals surface area (Å²) in [5, 5.41) is 16.7. The van der Waals surface area contributed by atoms with Crippen molar-refractivity contribution >= 4 is 17.2 Å². The van der Waals surface area contributed by atoms with E-state index < -0.39 is 0 Å². The molecule has 2 unspecified atom stereocenters. The summed E-state index contributed by atoms with van der Waals surface area (Å²) in [4.78, 5) is 17.5. The Labute approximate surface area is 123 Å². The third-order valence-electron chi connectivity index (χ3n) is 3.44. The van der Waals surface area contributed by atoms with Crippen LogP contribution in [-0.2, 0) is 6.42 Å². The predicted octanol–water partition coefficient (Wildman–Crippen LogP) is 0.960. The highest BCUT2D eigenvalue weighted by atomic mass is 32.1. The molecule has 1 saturated heterocycles. The monoisotopic (exact) mass is 297 g/mol. The fraction of sp³-hybridized carbons (Fsp3) is 0.714. The third-order valence-corrected chi connectivity index (χ3v) is 4.45. The van der Waals surface area contributed by atoms with Gasteiger partial charge in [-0.2, -0.15) is 0 Å². The maximum Gasteiger partial charge on any atom is 0.263 e. The van der Waals surface area contributed by atoms with E-state index in [1.807, 2.05) is 6.92 Å². The molecule has 1 aliphatic heterocycles. The first kappa shape index (κ1) is 15.4. The Morgan fingerprint density at radius 1 is 1.55 bits per heavy atom. The maximum atomic E-state index is 12.3. The van der Waals surface area contributed by atoms with Crippen molar-refractivity contribution in [3.63, 3.8) is 0 Å². The topological polar surface area (TPSA) is 74.2 Å². The maximum absolute atomic E-state index is 12.3. The summed E-state index contributed by atoms with van der Waals surface area (Å²) < 4.78 is 0. The zero-order valence-electron chi connectivity index (χ0n) is 12.3. The van der Waals surface area contributed by atoms with Gasteiger partial charge in [-0.3, -0.25) is 4.79 Å². The third kappa shape index (κ3) is 3.77. The number of carbonyl (C=O) groups excluding carboxylic acids is 1. The summed E-state index contributed by atoms with van der Waals surface area (Å²) in [6, 6.07) is 0. The number of carbonyl (C=O) groups is 1. The summed E-state index contributed by atoms with van der Waals surface area (Å²) in [7, 11) is 0. The van der Waals surface area contributed by atoms with Gasteiger partial charge < -0.3 is 15.7 Å². The van der Waals surface area contributed by atoms with Crippen LogP contribution in [-0.4, -0.2) is 41.7 Å². The van der Waals surface area contributed by atoms with E-state index in [1.165, 1.54) is 11.3 Å². The Morgan fingerprint density at radius 2 is 2.30 bits per heavy atom. The average molecular weight is 297 g/mol. The van der Waals surface area contributed by atoms with E-state index in [-0.39, 0.29) is 17.9 Å². The highest BCUT2D eigenvalue weighted by molar-refractivity contribution is 7.13. The van der Waals surface area contributed by atoms with Gasteiger partial charge in [-0.05, 0) is 19.3 Å². The van der Waals surface area contributed by atoms with Crippen molar-refractivity contribution < 1.29 is 9.90 Å².